The van der Waals surface area contributed by atoms with Gasteiger partial charge in [-0.15, -0.1) is 0 Å². The number of amides is 1. The summed E-state index contributed by atoms with van der Waals surface area (Å²) in [6, 6.07) is 1.77. The molecule has 0 unspecified atom stereocenters. The van der Waals surface area contributed by atoms with Crippen molar-refractivity contribution >= 4 is 11.6 Å². The number of halogens is 3. The van der Waals surface area contributed by atoms with E-state index in [4.69, 9.17) is 0 Å². The minimum Gasteiger partial charge on any atom is -0.322 e. The van der Waals surface area contributed by atoms with Gasteiger partial charge in [-0.2, -0.15) is 0 Å². The molecule has 19 heavy (non-hydrogen) atoms. The van der Waals surface area contributed by atoms with Gasteiger partial charge >= 0.3 is 0 Å². The van der Waals surface area contributed by atoms with E-state index in [1.54, 1.807) is 11.9 Å². The van der Waals surface area contributed by atoms with Gasteiger partial charge < -0.3 is 5.32 Å². The maximum Gasteiger partial charge on any atom is 0.238 e. The summed E-state index contributed by atoms with van der Waals surface area (Å²) in [5, 5.41) is 2.22. The Morgan fingerprint density at radius 1 is 1.26 bits per heavy atom. The summed E-state index contributed by atoms with van der Waals surface area (Å²) in [7, 11) is 1.76. The van der Waals surface area contributed by atoms with Gasteiger partial charge in [-0.25, -0.2) is 13.2 Å². The normalized spacial score (nSPS) is 10.8. The Labute approximate surface area is 110 Å². The Kier molecular flexibility index (Phi) is 5.82. The zero-order valence-electron chi connectivity index (χ0n) is 11.0. The first kappa shape index (κ1) is 15.5. The predicted octanol–water partition coefficient (Wildman–Crippen LogP) is 2.77. The average Bonchev–Trinajstić information content (AvgIpc) is 2.37. The largest absolute Gasteiger partial charge is 0.322 e. The molecule has 0 atom stereocenters. The first-order valence-corrected chi connectivity index (χ1v) is 6.07. The van der Waals surface area contributed by atoms with Gasteiger partial charge in [0.2, 0.25) is 5.91 Å². The lowest BCUT2D eigenvalue weighted by molar-refractivity contribution is -0.117. The Hall–Kier alpha value is -1.56. The number of nitrogens with zero attached hydrogens (tertiary/aromatic N) is 1. The molecule has 1 N–H and O–H groups in total. The van der Waals surface area contributed by atoms with Crippen LogP contribution in [0.1, 0.15) is 19.8 Å². The minimum atomic E-state index is -1.59. The van der Waals surface area contributed by atoms with Crippen LogP contribution in [0.3, 0.4) is 0 Å². The number of rotatable bonds is 6. The van der Waals surface area contributed by atoms with E-state index in [-0.39, 0.29) is 12.2 Å². The third-order valence-electron chi connectivity index (χ3n) is 2.62. The first-order chi connectivity index (χ1) is 8.95. The van der Waals surface area contributed by atoms with Crippen LogP contribution in [0.2, 0.25) is 0 Å². The summed E-state index contributed by atoms with van der Waals surface area (Å²) in [6.45, 7) is 2.84. The van der Waals surface area contributed by atoms with Crippen LogP contribution >= 0.6 is 0 Å². The third kappa shape index (κ3) is 4.55. The molecule has 1 aromatic carbocycles. The van der Waals surface area contributed by atoms with Crippen molar-refractivity contribution in [1.29, 1.82) is 0 Å². The summed E-state index contributed by atoms with van der Waals surface area (Å²) >= 11 is 0. The van der Waals surface area contributed by atoms with E-state index in [1.165, 1.54) is 0 Å². The highest BCUT2D eigenvalue weighted by Crippen LogP contribution is 2.19. The molecule has 1 amide bonds. The first-order valence-electron chi connectivity index (χ1n) is 6.07. The second kappa shape index (κ2) is 7.13. The Balaban J connectivity index is 2.60. The smallest absolute Gasteiger partial charge is 0.238 e. The molecule has 0 aliphatic heterocycles. The van der Waals surface area contributed by atoms with Gasteiger partial charge in [-0.3, -0.25) is 9.69 Å². The molecule has 0 heterocycles. The molecular weight excluding hydrogens is 257 g/mol. The lowest BCUT2D eigenvalue weighted by atomic mass is 10.2. The molecular formula is C13H17F3N2O. The maximum atomic E-state index is 13.3. The highest BCUT2D eigenvalue weighted by atomic mass is 19.2. The molecule has 1 aromatic rings. The van der Waals surface area contributed by atoms with E-state index < -0.39 is 23.4 Å². The number of unbranched alkanes of at least 4 members (excludes halogenated alkanes) is 1. The van der Waals surface area contributed by atoms with Crippen molar-refractivity contribution in [3.63, 3.8) is 0 Å². The zero-order chi connectivity index (χ0) is 14.4. The van der Waals surface area contributed by atoms with Crippen LogP contribution in [0.15, 0.2) is 12.1 Å². The van der Waals surface area contributed by atoms with Crippen molar-refractivity contribution in [2.45, 2.75) is 19.8 Å². The number of likely N-dealkylation sites (N-methyl/N-ethyl adjacent to an activating group) is 1. The van der Waals surface area contributed by atoms with Crippen LogP contribution in [0.5, 0.6) is 0 Å². The van der Waals surface area contributed by atoms with Gasteiger partial charge in [0, 0.05) is 0 Å². The number of carbonyl (C=O) groups excluding carboxylic acids is 1. The predicted molar refractivity (Wildman–Crippen MR) is 67.4 cm³/mol. The van der Waals surface area contributed by atoms with Gasteiger partial charge in [0.1, 0.15) is 0 Å². The second-order valence-electron chi connectivity index (χ2n) is 4.36. The summed E-state index contributed by atoms with van der Waals surface area (Å²) in [5.74, 6) is -4.72. The lowest BCUT2D eigenvalue weighted by Gasteiger charge is -2.15. The quantitative estimate of drug-likeness (QED) is 0.809. The van der Waals surface area contributed by atoms with Crippen molar-refractivity contribution in [1.82, 2.24) is 4.90 Å². The van der Waals surface area contributed by atoms with Crippen molar-refractivity contribution < 1.29 is 18.0 Å². The number of anilines is 1. The number of hydrogen-bond donors (Lipinski definition) is 1. The zero-order valence-corrected chi connectivity index (χ0v) is 11.0. The number of benzene rings is 1. The van der Waals surface area contributed by atoms with E-state index in [1.807, 2.05) is 6.92 Å². The molecule has 106 valence electrons. The molecule has 3 nitrogen and oxygen atoms in total. The standard InChI is InChI=1S/C13H17F3N2O/c1-3-4-7-18(2)8-11(19)17-10-6-5-9(14)12(15)13(10)16/h5-6H,3-4,7-8H2,1-2H3,(H,17,19). The Bertz CT molecular complexity index is 452. The fourth-order valence-corrected chi connectivity index (χ4v) is 1.56. The number of hydrogen-bond acceptors (Lipinski definition) is 2. The topological polar surface area (TPSA) is 32.3 Å². The molecule has 0 bridgehead atoms. The third-order valence-corrected chi connectivity index (χ3v) is 2.62. The van der Waals surface area contributed by atoms with Crippen molar-refractivity contribution in [2.24, 2.45) is 0 Å². The van der Waals surface area contributed by atoms with Gasteiger partial charge in [0.25, 0.3) is 0 Å². The molecule has 0 saturated heterocycles. The highest BCUT2D eigenvalue weighted by Gasteiger charge is 2.15. The van der Waals surface area contributed by atoms with Crippen LogP contribution in [0, 0.1) is 17.5 Å². The highest BCUT2D eigenvalue weighted by molar-refractivity contribution is 5.92. The van der Waals surface area contributed by atoms with E-state index in [0.29, 0.717) is 0 Å². The van der Waals surface area contributed by atoms with Crippen molar-refractivity contribution in [3.05, 3.63) is 29.6 Å². The van der Waals surface area contributed by atoms with Crippen LogP contribution < -0.4 is 5.32 Å². The van der Waals surface area contributed by atoms with Gasteiger partial charge in [-0.05, 0) is 32.1 Å². The summed E-state index contributed by atoms with van der Waals surface area (Å²) in [6.07, 6.45) is 1.95. The van der Waals surface area contributed by atoms with Crippen molar-refractivity contribution in [2.75, 3.05) is 25.5 Å². The second-order valence-corrected chi connectivity index (χ2v) is 4.36. The molecule has 0 spiro atoms. The molecule has 0 aromatic heterocycles. The monoisotopic (exact) mass is 274 g/mol. The van der Waals surface area contributed by atoms with E-state index >= 15 is 0 Å². The minimum absolute atomic E-state index is 0.0679. The molecule has 0 aliphatic carbocycles. The van der Waals surface area contributed by atoms with E-state index in [9.17, 15) is 18.0 Å². The van der Waals surface area contributed by atoms with Gasteiger partial charge in [0.15, 0.2) is 17.5 Å². The van der Waals surface area contributed by atoms with Gasteiger partial charge in [-0.1, -0.05) is 13.3 Å². The molecule has 6 heteroatoms. The maximum absolute atomic E-state index is 13.3. The Morgan fingerprint density at radius 2 is 1.95 bits per heavy atom. The van der Waals surface area contributed by atoms with Crippen molar-refractivity contribution in [3.8, 4) is 0 Å². The molecule has 0 radical (unpaired) electrons. The van der Waals surface area contributed by atoms with Gasteiger partial charge in [0.05, 0.1) is 12.2 Å². The Morgan fingerprint density at radius 3 is 2.58 bits per heavy atom. The fraction of sp³-hybridized carbons (Fsp3) is 0.462. The number of nitrogens with one attached hydrogen (secondary N) is 1. The van der Waals surface area contributed by atoms with Crippen LogP contribution in [0.25, 0.3) is 0 Å². The lowest BCUT2D eigenvalue weighted by Crippen LogP contribution is -2.31. The summed E-state index contributed by atoms with van der Waals surface area (Å²) in [4.78, 5) is 13.4. The summed E-state index contributed by atoms with van der Waals surface area (Å²) < 4.78 is 39.0. The van der Waals surface area contributed by atoms with Crippen LogP contribution in [-0.4, -0.2) is 30.9 Å². The summed E-state index contributed by atoms with van der Waals surface area (Å²) in [5.41, 5.74) is -0.354. The molecule has 1 rings (SSSR count). The fourth-order valence-electron chi connectivity index (χ4n) is 1.56. The van der Waals surface area contributed by atoms with Crippen LogP contribution in [0.4, 0.5) is 18.9 Å². The number of carbonyl (C=O) groups is 1. The average molecular weight is 274 g/mol. The van der Waals surface area contributed by atoms with E-state index in [0.717, 1.165) is 31.5 Å². The molecule has 0 fully saturated rings. The molecule has 0 saturated carbocycles. The SMILES string of the molecule is CCCCN(C)CC(=O)Nc1ccc(F)c(F)c1F. The molecule has 0 aliphatic rings. The van der Waals surface area contributed by atoms with E-state index in [2.05, 4.69) is 5.32 Å². The van der Waals surface area contributed by atoms with Crippen LogP contribution in [-0.2, 0) is 4.79 Å².